The lowest BCUT2D eigenvalue weighted by Gasteiger charge is -2.07. The molecule has 16 heavy (non-hydrogen) atoms. The smallest absolute Gasteiger partial charge is 0.411 e. The van der Waals surface area contributed by atoms with Gasteiger partial charge in [-0.3, -0.25) is 5.32 Å². The molecule has 3 N–H and O–H groups in total. The molecule has 0 aliphatic heterocycles. The monoisotopic (exact) mass is 219 g/mol. The van der Waals surface area contributed by atoms with Crippen LogP contribution in [0.15, 0.2) is 18.2 Å². The number of nitrogen functional groups attached to an aromatic ring is 1. The number of nitrogens with two attached hydrogens (primary N) is 1. The summed E-state index contributed by atoms with van der Waals surface area (Å²) in [4.78, 5) is 11.3. The zero-order valence-electron chi connectivity index (χ0n) is 8.99. The maximum Gasteiger partial charge on any atom is 0.411 e. The van der Waals surface area contributed by atoms with Crippen molar-refractivity contribution >= 4 is 17.5 Å². The van der Waals surface area contributed by atoms with Crippen molar-refractivity contribution in [2.45, 2.75) is 13.3 Å². The van der Waals surface area contributed by atoms with Crippen LogP contribution in [0.5, 0.6) is 0 Å². The molecule has 5 nitrogen and oxygen atoms in total. The Morgan fingerprint density at radius 2 is 2.38 bits per heavy atom. The summed E-state index contributed by atoms with van der Waals surface area (Å²) in [7, 11) is 0. The molecular weight excluding hydrogens is 206 g/mol. The zero-order chi connectivity index (χ0) is 12.0. The van der Waals surface area contributed by atoms with E-state index in [1.165, 1.54) is 6.07 Å². The summed E-state index contributed by atoms with van der Waals surface area (Å²) in [5, 5.41) is 11.3. The highest BCUT2D eigenvalue weighted by molar-refractivity contribution is 5.87. The Bertz CT molecular complexity index is 424. The Morgan fingerprint density at radius 3 is 3.00 bits per heavy atom. The van der Waals surface area contributed by atoms with E-state index in [0.717, 1.165) is 6.42 Å². The number of nitriles is 1. The number of nitrogens with one attached hydrogen (secondary N) is 1. The van der Waals surface area contributed by atoms with Gasteiger partial charge < -0.3 is 10.5 Å². The van der Waals surface area contributed by atoms with Gasteiger partial charge in [0.15, 0.2) is 0 Å². The van der Waals surface area contributed by atoms with Gasteiger partial charge in [0.05, 0.1) is 17.9 Å². The van der Waals surface area contributed by atoms with Gasteiger partial charge in [0, 0.05) is 5.69 Å². The molecule has 0 fully saturated rings. The van der Waals surface area contributed by atoms with Crippen molar-refractivity contribution in [3.63, 3.8) is 0 Å². The highest BCUT2D eigenvalue weighted by atomic mass is 16.5. The zero-order valence-corrected chi connectivity index (χ0v) is 8.99. The second-order valence-electron chi connectivity index (χ2n) is 3.18. The molecule has 84 valence electrons. The quantitative estimate of drug-likeness (QED) is 0.762. The number of amides is 1. The number of ether oxygens (including phenoxy) is 1. The van der Waals surface area contributed by atoms with Gasteiger partial charge in [-0.25, -0.2) is 4.79 Å². The average molecular weight is 219 g/mol. The molecule has 1 rings (SSSR count). The van der Waals surface area contributed by atoms with E-state index in [4.69, 9.17) is 15.7 Å². The highest BCUT2D eigenvalue weighted by Crippen LogP contribution is 2.17. The summed E-state index contributed by atoms with van der Waals surface area (Å²) in [5.41, 5.74) is 6.71. The van der Waals surface area contributed by atoms with E-state index < -0.39 is 6.09 Å². The van der Waals surface area contributed by atoms with E-state index in [-0.39, 0.29) is 0 Å². The molecule has 0 saturated heterocycles. The minimum absolute atomic E-state index is 0.313. The number of rotatable bonds is 3. The molecule has 0 aliphatic rings. The summed E-state index contributed by atoms with van der Waals surface area (Å²) in [6.07, 6.45) is 0.184. The van der Waals surface area contributed by atoms with Crippen molar-refractivity contribution in [2.24, 2.45) is 0 Å². The first-order chi connectivity index (χ1) is 7.67. The normalized spacial score (nSPS) is 9.25. The largest absolute Gasteiger partial charge is 0.449 e. The number of hydrogen-bond donors (Lipinski definition) is 2. The van der Waals surface area contributed by atoms with Crippen LogP contribution in [0.25, 0.3) is 0 Å². The molecule has 0 unspecified atom stereocenters. The molecular formula is C11H13N3O2. The van der Waals surface area contributed by atoms with Crippen molar-refractivity contribution in [1.82, 2.24) is 0 Å². The molecule has 1 aromatic rings. The lowest BCUT2D eigenvalue weighted by Crippen LogP contribution is -2.15. The molecule has 0 aromatic heterocycles. The molecule has 0 radical (unpaired) electrons. The number of nitrogens with zero attached hydrogens (tertiary/aromatic N) is 1. The van der Waals surface area contributed by atoms with E-state index in [1.807, 2.05) is 13.0 Å². The molecule has 0 saturated carbocycles. The number of hydrogen-bond acceptors (Lipinski definition) is 4. The maximum absolute atomic E-state index is 11.3. The van der Waals surface area contributed by atoms with Crippen LogP contribution in [0.4, 0.5) is 16.2 Å². The highest BCUT2D eigenvalue weighted by Gasteiger charge is 2.07. The molecule has 0 atom stereocenters. The first kappa shape index (κ1) is 11.9. The van der Waals surface area contributed by atoms with Crippen LogP contribution >= 0.6 is 0 Å². The molecule has 0 heterocycles. The number of benzene rings is 1. The fourth-order valence-corrected chi connectivity index (χ4v) is 1.10. The van der Waals surface area contributed by atoms with Gasteiger partial charge >= 0.3 is 6.09 Å². The van der Waals surface area contributed by atoms with E-state index in [0.29, 0.717) is 23.5 Å². The number of carbonyl (C=O) groups is 1. The third-order valence-corrected chi connectivity index (χ3v) is 1.84. The van der Waals surface area contributed by atoms with Crippen molar-refractivity contribution < 1.29 is 9.53 Å². The van der Waals surface area contributed by atoms with Gasteiger partial charge in [-0.15, -0.1) is 0 Å². The van der Waals surface area contributed by atoms with Crippen molar-refractivity contribution in [3.8, 4) is 6.07 Å². The van der Waals surface area contributed by atoms with Gasteiger partial charge in [0.2, 0.25) is 0 Å². The SMILES string of the molecule is CCCOC(=O)Nc1ccc(N)cc1C#N. The molecule has 1 aromatic carbocycles. The van der Waals surface area contributed by atoms with Crippen molar-refractivity contribution in [2.75, 3.05) is 17.7 Å². The van der Waals surface area contributed by atoms with Gasteiger partial charge in [0.1, 0.15) is 6.07 Å². The van der Waals surface area contributed by atoms with Gasteiger partial charge in [-0.05, 0) is 24.6 Å². The summed E-state index contributed by atoms with van der Waals surface area (Å²) < 4.78 is 4.83. The second-order valence-corrected chi connectivity index (χ2v) is 3.18. The van der Waals surface area contributed by atoms with Crippen LogP contribution in [0.1, 0.15) is 18.9 Å². The van der Waals surface area contributed by atoms with Gasteiger partial charge in [-0.2, -0.15) is 5.26 Å². The lowest BCUT2D eigenvalue weighted by molar-refractivity contribution is 0.161. The van der Waals surface area contributed by atoms with Crippen LogP contribution < -0.4 is 11.1 Å². The van der Waals surface area contributed by atoms with Crippen LogP contribution in [0.2, 0.25) is 0 Å². The standard InChI is InChI=1S/C11H13N3O2/c1-2-5-16-11(15)14-10-4-3-9(13)6-8(10)7-12/h3-4,6H,2,5,13H2,1H3,(H,14,15). The third-order valence-electron chi connectivity index (χ3n) is 1.84. The van der Waals surface area contributed by atoms with Gasteiger partial charge in [0.25, 0.3) is 0 Å². The first-order valence-corrected chi connectivity index (χ1v) is 4.90. The Morgan fingerprint density at radius 1 is 1.62 bits per heavy atom. The Balaban J connectivity index is 2.74. The molecule has 1 amide bonds. The molecule has 5 heteroatoms. The fourth-order valence-electron chi connectivity index (χ4n) is 1.10. The average Bonchev–Trinajstić information content (AvgIpc) is 2.28. The van der Waals surface area contributed by atoms with Crippen molar-refractivity contribution in [1.29, 1.82) is 5.26 Å². The molecule has 0 spiro atoms. The fraction of sp³-hybridized carbons (Fsp3) is 0.273. The Labute approximate surface area is 93.8 Å². The van der Waals surface area contributed by atoms with Crippen LogP contribution in [0, 0.1) is 11.3 Å². The van der Waals surface area contributed by atoms with Crippen molar-refractivity contribution in [3.05, 3.63) is 23.8 Å². The molecule has 0 aliphatic carbocycles. The van der Waals surface area contributed by atoms with Gasteiger partial charge in [-0.1, -0.05) is 6.92 Å². The molecule has 0 bridgehead atoms. The topological polar surface area (TPSA) is 88.1 Å². The van der Waals surface area contributed by atoms with Crippen LogP contribution in [-0.2, 0) is 4.74 Å². The Kier molecular flexibility index (Phi) is 4.16. The summed E-state index contributed by atoms with van der Waals surface area (Å²) >= 11 is 0. The minimum Gasteiger partial charge on any atom is -0.449 e. The summed E-state index contributed by atoms with van der Waals surface area (Å²) in [5.74, 6) is 0. The summed E-state index contributed by atoms with van der Waals surface area (Å²) in [6.45, 7) is 2.25. The lowest BCUT2D eigenvalue weighted by atomic mass is 10.2. The number of carbonyl (C=O) groups excluding carboxylic acids is 1. The van der Waals surface area contributed by atoms with E-state index >= 15 is 0 Å². The van der Waals surface area contributed by atoms with Crippen LogP contribution in [0.3, 0.4) is 0 Å². The van der Waals surface area contributed by atoms with E-state index in [1.54, 1.807) is 12.1 Å². The maximum atomic E-state index is 11.3. The predicted molar refractivity (Wildman–Crippen MR) is 60.8 cm³/mol. The number of anilines is 2. The van der Waals surface area contributed by atoms with E-state index in [2.05, 4.69) is 5.32 Å². The van der Waals surface area contributed by atoms with Crippen LogP contribution in [-0.4, -0.2) is 12.7 Å². The summed E-state index contributed by atoms with van der Waals surface area (Å²) in [6, 6.07) is 6.62. The third kappa shape index (κ3) is 3.17. The first-order valence-electron chi connectivity index (χ1n) is 4.90. The Hall–Kier alpha value is -2.22. The minimum atomic E-state index is -0.567. The van der Waals surface area contributed by atoms with E-state index in [9.17, 15) is 4.79 Å². The predicted octanol–water partition coefficient (Wildman–Crippen LogP) is 2.10. The second kappa shape index (κ2) is 5.61.